The number of thiazole rings is 1. The summed E-state index contributed by atoms with van der Waals surface area (Å²) in [6.45, 7) is 10.2. The van der Waals surface area contributed by atoms with Crippen LogP contribution in [0.3, 0.4) is 0 Å². The topological polar surface area (TPSA) is 135 Å². The molecule has 0 aliphatic heterocycles. The van der Waals surface area contributed by atoms with Crippen molar-refractivity contribution in [3.8, 4) is 10.6 Å². The van der Waals surface area contributed by atoms with Crippen molar-refractivity contribution >= 4 is 33.3 Å². The highest BCUT2D eigenvalue weighted by molar-refractivity contribution is 7.21. The van der Waals surface area contributed by atoms with Gasteiger partial charge in [0.1, 0.15) is 22.4 Å². The molecular weight excluding hydrogens is 480 g/mol. The van der Waals surface area contributed by atoms with Crippen molar-refractivity contribution in [2.75, 3.05) is 31.4 Å². The molecule has 0 bridgehead atoms. The first-order chi connectivity index (χ1) is 17.1. The lowest BCUT2D eigenvalue weighted by atomic mass is 9.87. The Morgan fingerprint density at radius 2 is 1.89 bits per heavy atom. The van der Waals surface area contributed by atoms with E-state index >= 15 is 0 Å². The summed E-state index contributed by atoms with van der Waals surface area (Å²) >= 11 is 1.54. The molecule has 1 fully saturated rings. The van der Waals surface area contributed by atoms with Gasteiger partial charge >= 0.3 is 0 Å². The number of nitrogens with one attached hydrogen (secondary N) is 2. The quantitative estimate of drug-likeness (QED) is 0.336. The number of ether oxygens (including phenoxy) is 2. The molecule has 0 radical (unpaired) electrons. The Labute approximate surface area is 215 Å². The molecular formula is C25H36N6O4S. The van der Waals surface area contributed by atoms with Gasteiger partial charge in [0, 0.05) is 32.9 Å². The lowest BCUT2D eigenvalue weighted by molar-refractivity contribution is -0.0819. The average molecular weight is 517 g/mol. The second-order valence-electron chi connectivity index (χ2n) is 9.93. The van der Waals surface area contributed by atoms with E-state index in [-0.39, 0.29) is 12.0 Å². The lowest BCUT2D eigenvalue weighted by Crippen LogP contribution is -2.41. The van der Waals surface area contributed by atoms with E-state index in [4.69, 9.17) is 19.4 Å². The molecule has 196 valence electrons. The van der Waals surface area contributed by atoms with Crippen molar-refractivity contribution in [1.82, 2.24) is 19.9 Å². The molecule has 4 N–H and O–H groups in total. The molecule has 5 atom stereocenters. The van der Waals surface area contributed by atoms with E-state index < -0.39 is 23.9 Å². The highest BCUT2D eigenvalue weighted by atomic mass is 32.1. The second-order valence-corrected chi connectivity index (χ2v) is 11.0. The molecule has 4 rings (SSSR count). The smallest absolute Gasteiger partial charge is 0.224 e. The zero-order valence-electron chi connectivity index (χ0n) is 21.9. The summed E-state index contributed by atoms with van der Waals surface area (Å²) in [6.07, 6.45) is 0.353. The summed E-state index contributed by atoms with van der Waals surface area (Å²) in [5.41, 5.74) is 2.61. The third-order valence-electron chi connectivity index (χ3n) is 7.17. The Morgan fingerprint density at radius 3 is 2.56 bits per heavy atom. The summed E-state index contributed by atoms with van der Waals surface area (Å²) in [7, 11) is 3.28. The predicted molar refractivity (Wildman–Crippen MR) is 141 cm³/mol. The molecule has 10 nitrogen and oxygen atoms in total. The zero-order chi connectivity index (χ0) is 26.2. The first-order valence-corrected chi connectivity index (χ1v) is 12.9. The number of anilines is 2. The van der Waals surface area contributed by atoms with E-state index in [0.29, 0.717) is 24.7 Å². The van der Waals surface area contributed by atoms with Gasteiger partial charge in [-0.25, -0.2) is 9.97 Å². The maximum atomic E-state index is 10.9. The van der Waals surface area contributed by atoms with E-state index in [2.05, 4.69) is 20.6 Å². The number of hydrogen-bond acceptors (Lipinski definition) is 11. The van der Waals surface area contributed by atoms with Gasteiger partial charge in [-0.1, -0.05) is 0 Å². The number of aliphatic hydroxyl groups is 2. The maximum Gasteiger partial charge on any atom is 0.224 e. The molecule has 1 saturated carbocycles. The highest BCUT2D eigenvalue weighted by Gasteiger charge is 2.48. The van der Waals surface area contributed by atoms with E-state index in [1.165, 1.54) is 0 Å². The first kappa shape index (κ1) is 26.6. The number of rotatable bonds is 9. The second kappa shape index (κ2) is 10.5. The van der Waals surface area contributed by atoms with Gasteiger partial charge in [-0.3, -0.25) is 4.98 Å². The largest absolute Gasteiger partial charge is 0.390 e. The van der Waals surface area contributed by atoms with Crippen LogP contribution in [0.4, 0.5) is 11.8 Å². The van der Waals surface area contributed by atoms with Crippen LogP contribution in [0.1, 0.15) is 38.6 Å². The Balaban J connectivity index is 1.74. The molecule has 0 aromatic carbocycles. The molecule has 3 heterocycles. The third kappa shape index (κ3) is 5.16. The van der Waals surface area contributed by atoms with Gasteiger partial charge in [0.05, 0.1) is 45.5 Å². The first-order valence-electron chi connectivity index (χ1n) is 12.1. The van der Waals surface area contributed by atoms with Gasteiger partial charge in [0.15, 0.2) is 0 Å². The summed E-state index contributed by atoms with van der Waals surface area (Å²) in [5.74, 6) is 0.744. The normalized spacial score (nSPS) is 23.2. The Morgan fingerprint density at radius 1 is 1.14 bits per heavy atom. The van der Waals surface area contributed by atoms with Crippen LogP contribution >= 0.6 is 11.3 Å². The minimum atomic E-state index is -0.987. The molecule has 3 aromatic heterocycles. The molecule has 3 aromatic rings. The van der Waals surface area contributed by atoms with Crippen LogP contribution in [-0.4, -0.2) is 80.9 Å². The molecule has 1 unspecified atom stereocenters. The zero-order valence-corrected chi connectivity index (χ0v) is 22.7. The standard InChI is InChI=1S/C25H36N6O4S/c1-12(34-6)11-27-24-28-13(2)18(23-30-19-14(3)26-9-8-17(19)36-23)22(31-24)29-16-10-15(20(32)21(16)33)25(4,5)35-7/h8-9,12,15-16,20-21,32-33H,10-11H2,1-7H3,(H2,27,28,29,31)/t12-,15+,16?,20-,21+/m1/s1. The molecule has 0 spiro atoms. The Kier molecular flexibility index (Phi) is 7.77. The minimum absolute atomic E-state index is 0.0198. The maximum absolute atomic E-state index is 10.9. The van der Waals surface area contributed by atoms with E-state index in [9.17, 15) is 10.2 Å². The minimum Gasteiger partial charge on any atom is -0.390 e. The van der Waals surface area contributed by atoms with Gasteiger partial charge < -0.3 is 30.3 Å². The average Bonchev–Trinajstić information content (AvgIpc) is 3.40. The molecule has 11 heteroatoms. The summed E-state index contributed by atoms with van der Waals surface area (Å²) < 4.78 is 12.0. The number of fused-ring (bicyclic) bond motifs is 1. The molecule has 1 aliphatic rings. The van der Waals surface area contributed by atoms with Gasteiger partial charge in [-0.15, -0.1) is 11.3 Å². The van der Waals surface area contributed by atoms with Crippen LogP contribution in [0.15, 0.2) is 12.3 Å². The predicted octanol–water partition coefficient (Wildman–Crippen LogP) is 3.16. The summed E-state index contributed by atoms with van der Waals surface area (Å²) in [4.78, 5) is 18.7. The lowest BCUT2D eigenvalue weighted by Gasteiger charge is -2.32. The van der Waals surface area contributed by atoms with Crippen LogP contribution in [-0.2, 0) is 9.47 Å². The number of nitrogens with zero attached hydrogens (tertiary/aromatic N) is 4. The fraction of sp³-hybridized carbons (Fsp3) is 0.600. The number of pyridine rings is 1. The number of hydrogen-bond donors (Lipinski definition) is 4. The van der Waals surface area contributed by atoms with Crippen LogP contribution in [0.5, 0.6) is 0 Å². The Hall–Kier alpha value is -2.44. The van der Waals surface area contributed by atoms with Crippen molar-refractivity contribution in [1.29, 1.82) is 0 Å². The van der Waals surface area contributed by atoms with E-state index in [0.717, 1.165) is 32.2 Å². The third-order valence-corrected chi connectivity index (χ3v) is 8.21. The van der Waals surface area contributed by atoms with Crippen molar-refractivity contribution in [2.45, 2.75) is 71.0 Å². The number of methoxy groups -OCH3 is 2. The van der Waals surface area contributed by atoms with Crippen LogP contribution in [0.25, 0.3) is 20.8 Å². The van der Waals surface area contributed by atoms with Crippen molar-refractivity contribution in [3.63, 3.8) is 0 Å². The van der Waals surface area contributed by atoms with Gasteiger partial charge in [-0.05, 0) is 47.1 Å². The molecule has 36 heavy (non-hydrogen) atoms. The van der Waals surface area contributed by atoms with Crippen molar-refractivity contribution < 1.29 is 19.7 Å². The van der Waals surface area contributed by atoms with Crippen LogP contribution in [0.2, 0.25) is 0 Å². The van der Waals surface area contributed by atoms with Gasteiger partial charge in [-0.2, -0.15) is 4.98 Å². The molecule has 0 amide bonds. The number of aryl methyl sites for hydroxylation is 2. The number of aromatic nitrogens is 4. The van der Waals surface area contributed by atoms with Crippen LogP contribution < -0.4 is 10.6 Å². The van der Waals surface area contributed by atoms with E-state index in [1.807, 2.05) is 40.7 Å². The fourth-order valence-electron chi connectivity index (χ4n) is 4.61. The van der Waals surface area contributed by atoms with Gasteiger partial charge in [0.25, 0.3) is 0 Å². The van der Waals surface area contributed by atoms with Crippen LogP contribution in [0, 0.1) is 19.8 Å². The fourth-order valence-corrected chi connectivity index (χ4v) is 5.73. The van der Waals surface area contributed by atoms with Crippen molar-refractivity contribution in [3.05, 3.63) is 23.7 Å². The highest BCUT2D eigenvalue weighted by Crippen LogP contribution is 2.41. The SMILES string of the molecule is CO[C@H](C)CNc1nc(C)c(-c2nc3c(C)nccc3s2)c(NC2C[C@H](C(C)(C)OC)[C@@H](O)[C@H]2O)n1. The van der Waals surface area contributed by atoms with Gasteiger partial charge in [0.2, 0.25) is 5.95 Å². The van der Waals surface area contributed by atoms with E-state index in [1.54, 1.807) is 31.8 Å². The number of aliphatic hydroxyl groups excluding tert-OH is 2. The van der Waals surface area contributed by atoms with Crippen molar-refractivity contribution in [2.24, 2.45) is 5.92 Å². The summed E-state index contributed by atoms with van der Waals surface area (Å²) in [5, 5.41) is 29.2. The summed E-state index contributed by atoms with van der Waals surface area (Å²) in [6, 6.07) is 1.51. The molecule has 1 aliphatic carbocycles. The molecule has 0 saturated heterocycles. The monoisotopic (exact) mass is 516 g/mol. The Bertz CT molecular complexity index is 1220.